The van der Waals surface area contributed by atoms with Gasteiger partial charge in [-0.05, 0) is 40.9 Å². The average Bonchev–Trinajstić information content (AvgIpc) is 2.95. The summed E-state index contributed by atoms with van der Waals surface area (Å²) in [4.78, 5) is 16.1. The van der Waals surface area contributed by atoms with Crippen LogP contribution < -0.4 is 0 Å². The van der Waals surface area contributed by atoms with E-state index in [1.54, 1.807) is 6.92 Å². The molecule has 148 valence electrons. The number of esters is 1. The molecule has 0 spiro atoms. The number of hydrogen-bond acceptors (Lipinski definition) is 6. The molecule has 0 aliphatic carbocycles. The second kappa shape index (κ2) is 7.71. The summed E-state index contributed by atoms with van der Waals surface area (Å²) in [5.74, 6) is 0.812. The fraction of sp³-hybridized carbons (Fsp3) is 0.571. The van der Waals surface area contributed by atoms with Crippen molar-refractivity contribution in [3.05, 3.63) is 40.5 Å². The second-order valence-electron chi connectivity index (χ2n) is 8.94. The number of nitrogens with zero attached hydrogens (tertiary/aromatic N) is 2. The molecule has 1 aromatic carbocycles. The third-order valence-corrected chi connectivity index (χ3v) is 4.33. The van der Waals surface area contributed by atoms with E-state index in [1.165, 1.54) is 0 Å². The number of benzene rings is 1. The van der Waals surface area contributed by atoms with Gasteiger partial charge in [0.15, 0.2) is 12.4 Å². The van der Waals surface area contributed by atoms with Crippen molar-refractivity contribution >= 4 is 5.97 Å². The molecular weight excluding hydrogens is 344 g/mol. The number of aromatic hydroxyl groups is 1. The molecule has 1 aromatic heterocycles. The maximum absolute atomic E-state index is 12.1. The van der Waals surface area contributed by atoms with Gasteiger partial charge in [0.2, 0.25) is 0 Å². The van der Waals surface area contributed by atoms with E-state index >= 15 is 0 Å². The number of carbonyl (C=O) groups excluding carboxylic acids is 1. The van der Waals surface area contributed by atoms with Gasteiger partial charge < -0.3 is 14.4 Å². The Morgan fingerprint density at radius 1 is 1.11 bits per heavy atom. The number of phenolic OH excluding ortho intramolecular Hbond substituents is 1. The van der Waals surface area contributed by atoms with Crippen LogP contribution in [-0.4, -0.2) is 21.2 Å². The van der Waals surface area contributed by atoms with Crippen LogP contribution in [0.5, 0.6) is 5.75 Å². The van der Waals surface area contributed by atoms with Crippen LogP contribution in [0.2, 0.25) is 0 Å². The first-order chi connectivity index (χ1) is 12.4. The smallest absolute Gasteiger partial charge is 0.306 e. The van der Waals surface area contributed by atoms with Crippen LogP contribution in [0.3, 0.4) is 0 Å². The molecule has 0 aliphatic heterocycles. The lowest BCUT2D eigenvalue weighted by molar-refractivity contribution is -0.145. The second-order valence-corrected chi connectivity index (χ2v) is 8.94. The van der Waals surface area contributed by atoms with Gasteiger partial charge in [-0.3, -0.25) is 4.79 Å². The number of ether oxygens (including phenoxy) is 1. The van der Waals surface area contributed by atoms with Crippen molar-refractivity contribution in [3.8, 4) is 5.75 Å². The van der Waals surface area contributed by atoms with Crippen molar-refractivity contribution in [2.75, 3.05) is 0 Å². The topological polar surface area (TPSA) is 85.5 Å². The molecular formula is C21H30N2O4. The van der Waals surface area contributed by atoms with Gasteiger partial charge in [-0.2, -0.15) is 4.98 Å². The molecule has 1 N–H and O–H groups in total. The van der Waals surface area contributed by atoms with Crippen LogP contribution in [0, 0.1) is 6.92 Å². The minimum absolute atomic E-state index is 0.0181. The fourth-order valence-electron chi connectivity index (χ4n) is 2.84. The summed E-state index contributed by atoms with van der Waals surface area (Å²) in [6.45, 7) is 14.1. The Morgan fingerprint density at radius 2 is 1.67 bits per heavy atom. The molecule has 6 heteroatoms. The molecule has 0 atom stereocenters. The van der Waals surface area contributed by atoms with E-state index in [9.17, 15) is 9.90 Å². The molecule has 27 heavy (non-hydrogen) atoms. The molecule has 0 saturated carbocycles. The van der Waals surface area contributed by atoms with Crippen molar-refractivity contribution in [2.24, 2.45) is 0 Å². The molecule has 0 amide bonds. The molecule has 6 nitrogen and oxygen atoms in total. The van der Waals surface area contributed by atoms with Gasteiger partial charge in [0.05, 0.1) is 0 Å². The number of aryl methyl sites for hydroxylation is 2. The third kappa shape index (κ3) is 5.55. The third-order valence-electron chi connectivity index (χ3n) is 4.33. The van der Waals surface area contributed by atoms with Crippen LogP contribution in [-0.2, 0) is 33.4 Å². The zero-order valence-corrected chi connectivity index (χ0v) is 17.3. The predicted octanol–water partition coefficient (Wildman–Crippen LogP) is 4.35. The van der Waals surface area contributed by atoms with Gasteiger partial charge in [-0.1, -0.05) is 58.8 Å². The van der Waals surface area contributed by atoms with Gasteiger partial charge in [-0.25, -0.2) is 0 Å². The minimum Gasteiger partial charge on any atom is -0.507 e. The highest BCUT2D eigenvalue weighted by molar-refractivity contribution is 5.69. The first-order valence-electron chi connectivity index (χ1n) is 9.19. The highest BCUT2D eigenvalue weighted by Crippen LogP contribution is 2.39. The van der Waals surface area contributed by atoms with Crippen molar-refractivity contribution in [1.82, 2.24) is 10.1 Å². The maximum atomic E-state index is 12.1. The fourth-order valence-corrected chi connectivity index (χ4v) is 2.84. The van der Waals surface area contributed by atoms with Crippen molar-refractivity contribution < 1.29 is 19.2 Å². The van der Waals surface area contributed by atoms with E-state index in [0.29, 0.717) is 18.0 Å². The Morgan fingerprint density at radius 3 is 2.11 bits per heavy atom. The van der Waals surface area contributed by atoms with Crippen LogP contribution in [0.25, 0.3) is 0 Å². The lowest BCUT2D eigenvalue weighted by atomic mass is 9.78. The Kier molecular flexibility index (Phi) is 5.97. The normalized spacial score (nSPS) is 12.3. The van der Waals surface area contributed by atoms with Crippen LogP contribution in [0.4, 0.5) is 0 Å². The van der Waals surface area contributed by atoms with Crippen LogP contribution >= 0.6 is 0 Å². The Bertz CT molecular complexity index is 775. The van der Waals surface area contributed by atoms with Gasteiger partial charge >= 0.3 is 5.97 Å². The number of phenols is 1. The average molecular weight is 374 g/mol. The molecule has 0 aliphatic rings. The van der Waals surface area contributed by atoms with Gasteiger partial charge in [0.1, 0.15) is 5.75 Å². The Labute approximate surface area is 160 Å². The lowest BCUT2D eigenvalue weighted by Gasteiger charge is -2.28. The molecule has 0 radical (unpaired) electrons. The highest BCUT2D eigenvalue weighted by Gasteiger charge is 2.26. The molecule has 0 bridgehead atoms. The lowest BCUT2D eigenvalue weighted by Crippen LogP contribution is -2.18. The first-order valence-corrected chi connectivity index (χ1v) is 9.19. The summed E-state index contributed by atoms with van der Waals surface area (Å²) in [6.07, 6.45) is 0.777. The van der Waals surface area contributed by atoms with Crippen molar-refractivity contribution in [2.45, 2.75) is 78.7 Å². The summed E-state index contributed by atoms with van der Waals surface area (Å²) in [5, 5.41) is 14.4. The Hall–Kier alpha value is -2.37. The van der Waals surface area contributed by atoms with Crippen LogP contribution in [0.15, 0.2) is 16.7 Å². The number of rotatable bonds is 5. The molecule has 0 saturated heterocycles. The zero-order chi connectivity index (χ0) is 20.4. The highest BCUT2D eigenvalue weighted by atomic mass is 16.6. The van der Waals surface area contributed by atoms with E-state index < -0.39 is 0 Å². The van der Waals surface area contributed by atoms with E-state index in [4.69, 9.17) is 9.26 Å². The minimum atomic E-state index is -0.325. The van der Waals surface area contributed by atoms with E-state index in [0.717, 1.165) is 16.7 Å². The zero-order valence-electron chi connectivity index (χ0n) is 17.3. The number of hydrogen-bond donors (Lipinski definition) is 1. The molecule has 2 rings (SSSR count). The number of aromatic nitrogens is 2. The first kappa shape index (κ1) is 20.9. The van der Waals surface area contributed by atoms with Crippen molar-refractivity contribution in [3.63, 3.8) is 0 Å². The summed E-state index contributed by atoms with van der Waals surface area (Å²) < 4.78 is 10.1. The summed E-state index contributed by atoms with van der Waals surface area (Å²) in [7, 11) is 0. The molecule has 0 fully saturated rings. The monoisotopic (exact) mass is 374 g/mol. The largest absolute Gasteiger partial charge is 0.507 e. The maximum Gasteiger partial charge on any atom is 0.306 e. The summed E-state index contributed by atoms with van der Waals surface area (Å²) in [6, 6.07) is 3.97. The molecule has 2 aromatic rings. The van der Waals surface area contributed by atoms with Gasteiger partial charge in [0, 0.05) is 6.42 Å². The van der Waals surface area contributed by atoms with E-state index in [-0.39, 0.29) is 35.7 Å². The quantitative estimate of drug-likeness (QED) is 0.783. The van der Waals surface area contributed by atoms with Gasteiger partial charge in [0.25, 0.3) is 5.89 Å². The van der Waals surface area contributed by atoms with Crippen molar-refractivity contribution in [1.29, 1.82) is 0 Å². The predicted molar refractivity (Wildman–Crippen MR) is 103 cm³/mol. The molecule has 0 unspecified atom stereocenters. The van der Waals surface area contributed by atoms with Gasteiger partial charge in [-0.15, -0.1) is 0 Å². The molecule has 1 heterocycles. The SMILES string of the molecule is Cc1noc(COC(=O)CCc2cc(C(C)(C)C)c(O)c(C(C)(C)C)c2)n1. The standard InChI is InChI=1S/C21H30N2O4/c1-13-22-17(27-23-13)12-26-18(24)9-8-14-10-15(20(2,3)4)19(25)16(11-14)21(5,6)7/h10-11,25H,8-9,12H2,1-7H3. The summed E-state index contributed by atoms with van der Waals surface area (Å²) >= 11 is 0. The van der Waals surface area contributed by atoms with E-state index in [1.807, 2.05) is 12.1 Å². The Balaban J connectivity index is 2.12. The number of carbonyl (C=O) groups is 1. The van der Waals surface area contributed by atoms with E-state index in [2.05, 4.69) is 51.7 Å². The van der Waals surface area contributed by atoms with Crippen LogP contribution in [0.1, 0.15) is 76.4 Å². The summed E-state index contributed by atoms with van der Waals surface area (Å²) in [5.41, 5.74) is 2.39.